The van der Waals surface area contributed by atoms with Crippen molar-refractivity contribution in [2.45, 2.75) is 70.1 Å². The molecule has 2 saturated heterocycles. The van der Waals surface area contributed by atoms with Crippen molar-refractivity contribution in [2.75, 3.05) is 20.0 Å². The molecule has 5 rings (SSSR count). The molecule has 3 heterocycles. The maximum atomic E-state index is 12.4. The third kappa shape index (κ3) is 3.10. The molecule has 13 heteroatoms. The Labute approximate surface area is 201 Å². The number of phosphoric acid groups is 1. The number of hydrogen-bond donors (Lipinski definition) is 1. The van der Waals surface area contributed by atoms with Gasteiger partial charge in [-0.1, -0.05) is 20.8 Å². The first kappa shape index (κ1) is 25.0. The average molecular weight is 498 g/mol. The Morgan fingerprint density at radius 3 is 2.62 bits per heavy atom. The molecule has 0 radical (unpaired) electrons. The monoisotopic (exact) mass is 498 g/mol. The van der Waals surface area contributed by atoms with E-state index in [9.17, 15) is 14.5 Å². The fraction of sp³-hybridized carbons (Fsp3) is 0.857. The van der Waals surface area contributed by atoms with Crippen molar-refractivity contribution in [1.82, 2.24) is 0 Å². The van der Waals surface area contributed by atoms with Crippen molar-refractivity contribution >= 4 is 29.9 Å². The van der Waals surface area contributed by atoms with Crippen molar-refractivity contribution in [3.8, 4) is 0 Å². The number of hydrogen-bond acceptors (Lipinski definition) is 10. The highest BCUT2D eigenvalue weighted by Gasteiger charge is 2.86. The van der Waals surface area contributed by atoms with Crippen LogP contribution in [0.5, 0.6) is 0 Å². The summed E-state index contributed by atoms with van der Waals surface area (Å²) in [6, 6.07) is 0. The zero-order valence-corrected chi connectivity index (χ0v) is 21.5. The van der Waals surface area contributed by atoms with Gasteiger partial charge in [0, 0.05) is 22.8 Å². The highest BCUT2D eigenvalue weighted by molar-refractivity contribution is 7.50. The van der Waals surface area contributed by atoms with Crippen LogP contribution < -0.4 is 0 Å². The Morgan fingerprint density at radius 1 is 1.26 bits per heavy atom. The van der Waals surface area contributed by atoms with E-state index in [0.29, 0.717) is 19.4 Å². The largest absolute Gasteiger partial charge is 0.458 e. The quantitative estimate of drug-likeness (QED) is 0.174. The Hall–Kier alpha value is -0.710. The summed E-state index contributed by atoms with van der Waals surface area (Å²) in [6.07, 6.45) is -0.490. The molecular formula is C21H33B2O10P. The summed E-state index contributed by atoms with van der Waals surface area (Å²) in [4.78, 5) is 12.2. The smallest absolute Gasteiger partial charge is 0.447 e. The van der Waals surface area contributed by atoms with E-state index >= 15 is 0 Å². The molecule has 1 saturated carbocycles. The maximum absolute atomic E-state index is 12.4. The van der Waals surface area contributed by atoms with Crippen LogP contribution in [0.3, 0.4) is 0 Å². The first-order valence-corrected chi connectivity index (χ1v) is 13.3. The predicted molar refractivity (Wildman–Crippen MR) is 123 cm³/mol. The van der Waals surface area contributed by atoms with Gasteiger partial charge in [0.15, 0.2) is 6.79 Å². The molecule has 5 aliphatic rings. The molecule has 0 aromatic rings. The van der Waals surface area contributed by atoms with Gasteiger partial charge in [-0.05, 0) is 31.3 Å². The minimum atomic E-state index is -3.74. The van der Waals surface area contributed by atoms with Gasteiger partial charge < -0.3 is 32.9 Å². The summed E-state index contributed by atoms with van der Waals surface area (Å²) < 4.78 is 52.1. The number of esters is 1. The number of fused-ring (bicyclic) bond motifs is 2. The number of carbonyl (C=O) groups excluding carboxylic acids is 1. The van der Waals surface area contributed by atoms with Crippen molar-refractivity contribution in [1.29, 1.82) is 0 Å². The third-order valence-corrected chi connectivity index (χ3v) is 10.5. The van der Waals surface area contributed by atoms with Gasteiger partial charge in [0.25, 0.3) is 16.1 Å². The lowest BCUT2D eigenvalue weighted by Crippen LogP contribution is -2.75. The van der Waals surface area contributed by atoms with Gasteiger partial charge >= 0.3 is 13.8 Å². The zero-order chi connectivity index (χ0) is 24.7. The molecule has 3 aliphatic heterocycles. The average Bonchev–Trinajstić information content (AvgIpc) is 3.48. The van der Waals surface area contributed by atoms with Crippen LogP contribution in [0.25, 0.3) is 0 Å². The molecule has 2 aliphatic carbocycles. The Balaban J connectivity index is 1.50. The van der Waals surface area contributed by atoms with Crippen LogP contribution in [0.15, 0.2) is 11.1 Å². The molecule has 3 fully saturated rings. The van der Waals surface area contributed by atoms with E-state index in [1.165, 1.54) is 16.1 Å². The number of rotatable bonds is 7. The Morgan fingerprint density at radius 2 is 1.97 bits per heavy atom. The number of aliphatic hydroxyl groups is 1. The van der Waals surface area contributed by atoms with Gasteiger partial charge in [-0.15, -0.1) is 0 Å². The molecule has 0 aromatic carbocycles. The Kier molecular flexibility index (Phi) is 5.98. The molecule has 0 amide bonds. The third-order valence-electron chi connectivity index (χ3n) is 9.14. The second kappa shape index (κ2) is 8.15. The number of aliphatic hydroxyl groups excluding tert-OH is 1. The molecule has 8 atom stereocenters. The van der Waals surface area contributed by atoms with E-state index in [0.717, 1.165) is 11.1 Å². The fourth-order valence-electron chi connectivity index (χ4n) is 7.36. The molecule has 0 bridgehead atoms. The van der Waals surface area contributed by atoms with Crippen LogP contribution in [-0.2, 0) is 41.7 Å². The lowest BCUT2D eigenvalue weighted by molar-refractivity contribution is -0.283. The van der Waals surface area contributed by atoms with Crippen LogP contribution in [0.2, 0.25) is 0 Å². The molecule has 1 spiro atoms. The summed E-state index contributed by atoms with van der Waals surface area (Å²) in [7, 11) is -1.27. The highest BCUT2D eigenvalue weighted by atomic mass is 31.2. The molecular weight excluding hydrogens is 465 g/mol. The number of cyclic esters (lactones) is 1. The number of epoxide rings is 1. The van der Waals surface area contributed by atoms with Crippen LogP contribution in [-0.4, -0.2) is 76.7 Å². The van der Waals surface area contributed by atoms with Crippen molar-refractivity contribution in [3.05, 3.63) is 11.1 Å². The van der Waals surface area contributed by atoms with Crippen LogP contribution >= 0.6 is 7.82 Å². The van der Waals surface area contributed by atoms with Gasteiger partial charge in [0.2, 0.25) is 0 Å². The zero-order valence-electron chi connectivity index (χ0n) is 20.6. The molecule has 10 nitrogen and oxygen atoms in total. The summed E-state index contributed by atoms with van der Waals surface area (Å²) >= 11 is 0. The van der Waals surface area contributed by atoms with E-state index < -0.39 is 42.8 Å². The van der Waals surface area contributed by atoms with Gasteiger partial charge in [-0.3, -0.25) is 4.52 Å². The maximum Gasteiger partial charge on any atom is 0.447 e. The molecule has 1 unspecified atom stereocenters. The summed E-state index contributed by atoms with van der Waals surface area (Å²) in [6.45, 7) is 8.49. The normalized spacial score (nSPS) is 45.4. The fourth-order valence-corrected chi connectivity index (χ4v) is 7.91. The van der Waals surface area contributed by atoms with Crippen molar-refractivity contribution < 1.29 is 46.8 Å². The lowest BCUT2D eigenvalue weighted by Gasteiger charge is -2.61. The molecule has 34 heavy (non-hydrogen) atoms. The summed E-state index contributed by atoms with van der Waals surface area (Å²) in [5.41, 5.74) is -0.361. The molecule has 1 N–H and O–H groups in total. The van der Waals surface area contributed by atoms with Crippen LogP contribution in [0.1, 0.15) is 40.5 Å². The standard InChI is InChI=1S/C21H33B2O10P/c1-10(2)14-15(24)17-21(31-17)19(3)6-5-11-12(7-27-18(11)25)13(19)8-29-20(21,4)16(14)28-9-30-34(26,32-22)33-23/h10,13-17,24H,5-9,22-23H2,1-4H3/t13-,14?,15+,16+,17-,19-,20+,21+/m0/s1. The van der Waals surface area contributed by atoms with E-state index in [1.54, 1.807) is 0 Å². The molecule has 0 aromatic heterocycles. The van der Waals surface area contributed by atoms with Gasteiger partial charge in [0.05, 0.1) is 18.8 Å². The van der Waals surface area contributed by atoms with Crippen molar-refractivity contribution in [3.63, 3.8) is 0 Å². The SMILES string of the molecule is BOP(=O)(OB)OCO[C@@H]1C(C(C)C)[C@@H](O)[C@@H]2O[C@@]23[C@@]2(C)CCC4=C(COC4=O)[C@@H]2CO[C@]13C. The Bertz CT molecular complexity index is 952. The second-order valence-corrected chi connectivity index (χ2v) is 12.6. The first-order valence-electron chi connectivity index (χ1n) is 11.9. The van der Waals surface area contributed by atoms with Gasteiger partial charge in [-0.25, -0.2) is 9.36 Å². The minimum absolute atomic E-state index is 0.0475. The summed E-state index contributed by atoms with van der Waals surface area (Å²) in [5.74, 6) is -0.554. The second-order valence-electron chi connectivity index (χ2n) is 10.7. The number of carbonyl (C=O) groups is 1. The number of ether oxygens (including phenoxy) is 4. The molecule has 188 valence electrons. The van der Waals surface area contributed by atoms with E-state index in [4.69, 9.17) is 32.4 Å². The minimum Gasteiger partial charge on any atom is -0.458 e. The van der Waals surface area contributed by atoms with Gasteiger partial charge in [0.1, 0.15) is 23.9 Å². The highest BCUT2D eigenvalue weighted by Crippen LogP contribution is 2.72. The van der Waals surface area contributed by atoms with Gasteiger partial charge in [-0.2, -0.15) is 0 Å². The van der Waals surface area contributed by atoms with Crippen molar-refractivity contribution in [2.24, 2.45) is 23.2 Å². The van der Waals surface area contributed by atoms with Crippen LogP contribution in [0.4, 0.5) is 0 Å². The summed E-state index contributed by atoms with van der Waals surface area (Å²) in [5, 5.41) is 11.5. The lowest BCUT2D eigenvalue weighted by atomic mass is 9.48. The van der Waals surface area contributed by atoms with E-state index in [1.807, 2.05) is 20.8 Å². The van der Waals surface area contributed by atoms with E-state index in [2.05, 4.69) is 6.92 Å². The van der Waals surface area contributed by atoms with Crippen LogP contribution in [0, 0.1) is 23.2 Å². The topological polar surface area (TPSA) is 122 Å². The van der Waals surface area contributed by atoms with E-state index in [-0.39, 0.29) is 37.1 Å². The predicted octanol–water partition coefficient (Wildman–Crippen LogP) is 0.426. The first-order chi connectivity index (χ1) is 16.0.